The number of rotatable bonds is 1. The maximum Gasteiger partial charge on any atom is 0.0120 e. The van der Waals surface area contributed by atoms with Gasteiger partial charge in [0, 0.05) is 6.04 Å². The molecule has 3 unspecified atom stereocenters. The Balaban J connectivity index is 2.01. The van der Waals surface area contributed by atoms with Gasteiger partial charge in [-0.2, -0.15) is 0 Å². The minimum atomic E-state index is 0.912. The van der Waals surface area contributed by atoms with E-state index in [1.54, 1.807) is 0 Å². The Hall–Kier alpha value is -0.0400. The summed E-state index contributed by atoms with van der Waals surface area (Å²) in [6.45, 7) is 0. The van der Waals surface area contributed by atoms with E-state index in [1.165, 1.54) is 38.5 Å². The average Bonchev–Trinajstić information content (AvgIpc) is 2.47. The van der Waals surface area contributed by atoms with Crippen molar-refractivity contribution < 1.29 is 0 Å². The van der Waals surface area contributed by atoms with Gasteiger partial charge < -0.3 is 4.90 Å². The lowest BCUT2D eigenvalue weighted by Gasteiger charge is -2.32. The molecule has 2 saturated carbocycles. The third-order valence-corrected chi connectivity index (χ3v) is 3.96. The normalized spacial score (nSPS) is 41.8. The molecule has 2 rings (SSSR count). The van der Waals surface area contributed by atoms with Gasteiger partial charge in [-0.15, -0.1) is 0 Å². The first-order valence-electron chi connectivity index (χ1n) is 5.45. The molecule has 12 heavy (non-hydrogen) atoms. The summed E-state index contributed by atoms with van der Waals surface area (Å²) in [5.74, 6) is 2.14. The van der Waals surface area contributed by atoms with Crippen LogP contribution in [0.15, 0.2) is 0 Å². The van der Waals surface area contributed by atoms with Gasteiger partial charge >= 0.3 is 0 Å². The van der Waals surface area contributed by atoms with Crippen LogP contribution in [0.3, 0.4) is 0 Å². The van der Waals surface area contributed by atoms with Crippen molar-refractivity contribution in [2.45, 2.75) is 44.6 Å². The minimum absolute atomic E-state index is 0.912. The molecule has 0 amide bonds. The molecule has 0 spiro atoms. The summed E-state index contributed by atoms with van der Waals surface area (Å²) in [6, 6.07) is 0.912. The Morgan fingerprint density at radius 3 is 2.42 bits per heavy atom. The van der Waals surface area contributed by atoms with Crippen molar-refractivity contribution in [3.63, 3.8) is 0 Å². The summed E-state index contributed by atoms with van der Waals surface area (Å²) in [7, 11) is 4.50. The molecule has 0 aromatic carbocycles. The SMILES string of the molecule is CN(C)C1CCC2CCCCC21. The van der Waals surface area contributed by atoms with Crippen LogP contribution in [-0.4, -0.2) is 25.0 Å². The average molecular weight is 167 g/mol. The quantitative estimate of drug-likeness (QED) is 0.580. The summed E-state index contributed by atoms with van der Waals surface area (Å²) in [4.78, 5) is 2.45. The molecule has 0 radical (unpaired) electrons. The fourth-order valence-electron chi connectivity index (χ4n) is 3.34. The standard InChI is InChI=1S/C11H21N/c1-12(2)11-8-7-9-5-3-4-6-10(9)11/h9-11H,3-8H2,1-2H3. The van der Waals surface area contributed by atoms with E-state index in [9.17, 15) is 0 Å². The van der Waals surface area contributed by atoms with Crippen molar-refractivity contribution in [3.8, 4) is 0 Å². The van der Waals surface area contributed by atoms with Crippen molar-refractivity contribution >= 4 is 0 Å². The molecule has 3 atom stereocenters. The van der Waals surface area contributed by atoms with E-state index in [0.29, 0.717) is 0 Å². The van der Waals surface area contributed by atoms with E-state index >= 15 is 0 Å². The number of nitrogens with zero attached hydrogens (tertiary/aromatic N) is 1. The van der Waals surface area contributed by atoms with Gasteiger partial charge in [-0.25, -0.2) is 0 Å². The fourth-order valence-corrected chi connectivity index (χ4v) is 3.34. The monoisotopic (exact) mass is 167 g/mol. The highest BCUT2D eigenvalue weighted by atomic mass is 15.1. The molecule has 1 heteroatoms. The topological polar surface area (TPSA) is 3.24 Å². The van der Waals surface area contributed by atoms with Crippen molar-refractivity contribution in [2.75, 3.05) is 14.1 Å². The highest BCUT2D eigenvalue weighted by Crippen LogP contribution is 2.43. The van der Waals surface area contributed by atoms with Gasteiger partial charge in [-0.05, 0) is 45.2 Å². The lowest BCUT2D eigenvalue weighted by Crippen LogP contribution is -2.34. The lowest BCUT2D eigenvalue weighted by atomic mass is 9.80. The van der Waals surface area contributed by atoms with Crippen molar-refractivity contribution in [1.82, 2.24) is 4.90 Å². The molecule has 0 aliphatic heterocycles. The Kier molecular flexibility index (Phi) is 2.40. The molecule has 0 N–H and O–H groups in total. The Labute approximate surface area is 76.1 Å². The van der Waals surface area contributed by atoms with E-state index in [1.807, 2.05) is 0 Å². The van der Waals surface area contributed by atoms with Gasteiger partial charge in [0.15, 0.2) is 0 Å². The summed E-state index contributed by atoms with van der Waals surface area (Å²) < 4.78 is 0. The second-order valence-electron chi connectivity index (χ2n) is 4.82. The molecule has 0 saturated heterocycles. The fraction of sp³-hybridized carbons (Fsp3) is 1.00. The van der Waals surface area contributed by atoms with Crippen LogP contribution in [0.25, 0.3) is 0 Å². The van der Waals surface area contributed by atoms with E-state index in [4.69, 9.17) is 0 Å². The van der Waals surface area contributed by atoms with Gasteiger partial charge in [0.25, 0.3) is 0 Å². The third kappa shape index (κ3) is 1.39. The first-order chi connectivity index (χ1) is 5.79. The van der Waals surface area contributed by atoms with Gasteiger partial charge in [0.2, 0.25) is 0 Å². The number of hydrogen-bond acceptors (Lipinski definition) is 1. The molecule has 2 aliphatic carbocycles. The molecule has 0 bridgehead atoms. The maximum atomic E-state index is 2.45. The zero-order valence-corrected chi connectivity index (χ0v) is 8.42. The summed E-state index contributed by atoms with van der Waals surface area (Å²) >= 11 is 0. The lowest BCUT2D eigenvalue weighted by molar-refractivity contribution is 0.172. The highest BCUT2D eigenvalue weighted by molar-refractivity contribution is 4.91. The molecular weight excluding hydrogens is 146 g/mol. The summed E-state index contributed by atoms with van der Waals surface area (Å²) in [5.41, 5.74) is 0. The van der Waals surface area contributed by atoms with Crippen LogP contribution in [0.5, 0.6) is 0 Å². The molecular formula is C11H21N. The smallest absolute Gasteiger partial charge is 0.0120 e. The third-order valence-electron chi connectivity index (χ3n) is 3.96. The molecule has 0 aromatic heterocycles. The van der Waals surface area contributed by atoms with Gasteiger partial charge in [0.05, 0.1) is 0 Å². The number of hydrogen-bond donors (Lipinski definition) is 0. The predicted octanol–water partition coefficient (Wildman–Crippen LogP) is 2.52. The molecule has 1 nitrogen and oxygen atoms in total. The van der Waals surface area contributed by atoms with E-state index < -0.39 is 0 Å². The van der Waals surface area contributed by atoms with E-state index in [2.05, 4.69) is 19.0 Å². The Morgan fingerprint density at radius 2 is 1.67 bits per heavy atom. The molecule has 2 fully saturated rings. The zero-order chi connectivity index (χ0) is 8.55. The van der Waals surface area contributed by atoms with Crippen molar-refractivity contribution in [2.24, 2.45) is 11.8 Å². The van der Waals surface area contributed by atoms with Crippen LogP contribution in [0.1, 0.15) is 38.5 Å². The van der Waals surface area contributed by atoms with Gasteiger partial charge in [-0.1, -0.05) is 19.3 Å². The Morgan fingerprint density at radius 1 is 0.917 bits per heavy atom. The predicted molar refractivity (Wildman–Crippen MR) is 52.2 cm³/mol. The van der Waals surface area contributed by atoms with Crippen LogP contribution in [0, 0.1) is 11.8 Å². The van der Waals surface area contributed by atoms with Crippen molar-refractivity contribution in [3.05, 3.63) is 0 Å². The second-order valence-corrected chi connectivity index (χ2v) is 4.82. The summed E-state index contributed by atoms with van der Waals surface area (Å²) in [6.07, 6.45) is 8.99. The van der Waals surface area contributed by atoms with Crippen LogP contribution < -0.4 is 0 Å². The largest absolute Gasteiger partial charge is 0.306 e. The summed E-state index contributed by atoms with van der Waals surface area (Å²) in [5, 5.41) is 0. The molecule has 0 aromatic rings. The number of fused-ring (bicyclic) bond motifs is 1. The molecule has 70 valence electrons. The Bertz CT molecular complexity index is 153. The van der Waals surface area contributed by atoms with Crippen LogP contribution in [0.4, 0.5) is 0 Å². The maximum absolute atomic E-state index is 2.45. The van der Waals surface area contributed by atoms with Crippen molar-refractivity contribution in [1.29, 1.82) is 0 Å². The second kappa shape index (κ2) is 3.37. The van der Waals surface area contributed by atoms with Crippen LogP contribution >= 0.6 is 0 Å². The van der Waals surface area contributed by atoms with Crippen LogP contribution in [-0.2, 0) is 0 Å². The first-order valence-corrected chi connectivity index (χ1v) is 5.45. The molecule has 2 aliphatic rings. The first kappa shape index (κ1) is 8.55. The van der Waals surface area contributed by atoms with Gasteiger partial charge in [-0.3, -0.25) is 0 Å². The molecule has 0 heterocycles. The minimum Gasteiger partial charge on any atom is -0.306 e. The zero-order valence-electron chi connectivity index (χ0n) is 8.42. The highest BCUT2D eigenvalue weighted by Gasteiger charge is 2.37. The van der Waals surface area contributed by atoms with E-state index in [0.717, 1.165) is 17.9 Å². The van der Waals surface area contributed by atoms with Gasteiger partial charge in [0.1, 0.15) is 0 Å². The van der Waals surface area contributed by atoms with Crippen LogP contribution in [0.2, 0.25) is 0 Å². The van der Waals surface area contributed by atoms with E-state index in [-0.39, 0.29) is 0 Å².